The third-order valence-electron chi connectivity index (χ3n) is 7.63. The van der Waals surface area contributed by atoms with E-state index in [1.165, 1.54) is 0 Å². The maximum atomic E-state index is 13.4. The van der Waals surface area contributed by atoms with E-state index in [1.807, 2.05) is 24.8 Å². The summed E-state index contributed by atoms with van der Waals surface area (Å²) in [4.78, 5) is 43.1. The lowest BCUT2D eigenvalue weighted by Crippen LogP contribution is -2.50. The first kappa shape index (κ1) is 30.3. The van der Waals surface area contributed by atoms with Crippen LogP contribution in [0, 0.1) is 6.92 Å². The number of halogens is 1. The number of benzene rings is 1. The molecule has 2 amide bonds. The number of hydrogen-bond donors (Lipinski definition) is 1. The summed E-state index contributed by atoms with van der Waals surface area (Å²) in [6, 6.07) is 8.56. The van der Waals surface area contributed by atoms with Gasteiger partial charge in [0.25, 0.3) is 5.91 Å². The summed E-state index contributed by atoms with van der Waals surface area (Å²) in [6.07, 6.45) is 4.42. The van der Waals surface area contributed by atoms with Crippen molar-refractivity contribution in [3.63, 3.8) is 0 Å². The summed E-state index contributed by atoms with van der Waals surface area (Å²) in [7, 11) is 1.68. The number of aromatic nitrogens is 5. The number of nitrogens with one attached hydrogen (secondary N) is 1. The van der Waals surface area contributed by atoms with Gasteiger partial charge in [-0.25, -0.2) is 4.68 Å². The molecule has 1 saturated heterocycles. The topological polar surface area (TPSA) is 127 Å². The average molecular weight is 607 g/mol. The Hall–Kier alpha value is -4.13. The Morgan fingerprint density at radius 3 is 2.53 bits per heavy atom. The number of carbonyl (C=O) groups is 3. The van der Waals surface area contributed by atoms with Crippen LogP contribution >= 0.6 is 11.6 Å². The zero-order valence-electron chi connectivity index (χ0n) is 24.5. The van der Waals surface area contributed by atoms with Crippen LogP contribution in [0.2, 0.25) is 5.02 Å². The first-order valence-electron chi connectivity index (χ1n) is 14.3. The Morgan fingerprint density at radius 1 is 1.05 bits per heavy atom. The molecule has 0 saturated carbocycles. The largest absolute Gasteiger partial charge is 0.383 e. The molecule has 0 unspecified atom stereocenters. The van der Waals surface area contributed by atoms with Crippen LogP contribution in [0.4, 0.5) is 5.82 Å². The fourth-order valence-electron chi connectivity index (χ4n) is 5.23. The standard InChI is InChI=1S/C30H35ClN8O4/c1-4-5-26(40)23-17-32-39(20(23)2)28-9-8-27(34-35-28)33-30(42)24-18-38(25-7-6-21(31)16-22(24)25)19-29(41)37-12-10-36(11-13-37)14-15-43-3/h6-9,16-18H,4-5,10-15,19H2,1-3H3,(H,33,34,42). The SMILES string of the molecule is CCCC(=O)c1cnn(-c2ccc(NC(=O)c3cn(CC(=O)N4CCN(CCOC)CC4)c4ccc(Cl)cc34)nn2)c1C. The molecule has 0 bridgehead atoms. The zero-order valence-corrected chi connectivity index (χ0v) is 25.3. The predicted molar refractivity (Wildman–Crippen MR) is 163 cm³/mol. The number of rotatable bonds is 11. The van der Waals surface area contributed by atoms with E-state index < -0.39 is 5.91 Å². The van der Waals surface area contributed by atoms with E-state index in [4.69, 9.17) is 16.3 Å². The van der Waals surface area contributed by atoms with Crippen LogP contribution in [0.3, 0.4) is 0 Å². The number of anilines is 1. The molecule has 43 heavy (non-hydrogen) atoms. The van der Waals surface area contributed by atoms with Gasteiger partial charge in [-0.15, -0.1) is 10.2 Å². The Morgan fingerprint density at radius 2 is 1.84 bits per heavy atom. The maximum absolute atomic E-state index is 13.4. The number of ketones is 1. The van der Waals surface area contributed by atoms with Gasteiger partial charge in [0.1, 0.15) is 6.54 Å². The smallest absolute Gasteiger partial charge is 0.259 e. The van der Waals surface area contributed by atoms with Crippen molar-refractivity contribution >= 4 is 45.9 Å². The summed E-state index contributed by atoms with van der Waals surface area (Å²) >= 11 is 6.29. The number of hydrogen-bond acceptors (Lipinski definition) is 8. The molecule has 4 heterocycles. The van der Waals surface area contributed by atoms with E-state index in [9.17, 15) is 14.4 Å². The second-order valence-electron chi connectivity index (χ2n) is 10.5. The fraction of sp³-hybridized carbons (Fsp3) is 0.400. The van der Waals surface area contributed by atoms with Crippen LogP contribution in [-0.2, 0) is 16.1 Å². The maximum Gasteiger partial charge on any atom is 0.259 e. The number of carbonyl (C=O) groups excluding carboxylic acids is 3. The molecule has 1 aliphatic rings. The lowest BCUT2D eigenvalue weighted by atomic mass is 10.1. The Bertz CT molecular complexity index is 1620. The number of fused-ring (bicyclic) bond motifs is 1. The summed E-state index contributed by atoms with van der Waals surface area (Å²) in [5.41, 5.74) is 2.32. The van der Waals surface area contributed by atoms with Gasteiger partial charge in [-0.1, -0.05) is 18.5 Å². The van der Waals surface area contributed by atoms with E-state index in [-0.39, 0.29) is 24.1 Å². The van der Waals surface area contributed by atoms with E-state index in [0.717, 1.165) is 31.6 Å². The van der Waals surface area contributed by atoms with Gasteiger partial charge < -0.3 is 19.5 Å². The van der Waals surface area contributed by atoms with E-state index in [1.54, 1.807) is 53.0 Å². The summed E-state index contributed by atoms with van der Waals surface area (Å²) in [5.74, 6) is 0.276. The molecule has 0 aliphatic carbocycles. The molecule has 12 nitrogen and oxygen atoms in total. The van der Waals surface area contributed by atoms with Crippen molar-refractivity contribution < 1.29 is 19.1 Å². The molecule has 13 heteroatoms. The minimum absolute atomic E-state index is 0.0138. The number of amides is 2. The molecule has 1 N–H and O–H groups in total. The number of ether oxygens (including phenoxy) is 1. The fourth-order valence-corrected chi connectivity index (χ4v) is 5.40. The van der Waals surface area contributed by atoms with Crippen molar-refractivity contribution in [2.45, 2.75) is 33.2 Å². The van der Waals surface area contributed by atoms with E-state index >= 15 is 0 Å². The van der Waals surface area contributed by atoms with Crippen molar-refractivity contribution in [2.24, 2.45) is 0 Å². The van der Waals surface area contributed by atoms with Gasteiger partial charge in [-0.2, -0.15) is 5.10 Å². The molecule has 0 radical (unpaired) electrons. The number of nitrogens with zero attached hydrogens (tertiary/aromatic N) is 7. The molecule has 3 aromatic heterocycles. The van der Waals surface area contributed by atoms with Crippen LogP contribution in [0.15, 0.2) is 42.7 Å². The van der Waals surface area contributed by atoms with E-state index in [2.05, 4.69) is 25.5 Å². The molecular formula is C30H35ClN8O4. The molecule has 1 fully saturated rings. The van der Waals surface area contributed by atoms with Crippen LogP contribution in [0.5, 0.6) is 0 Å². The lowest BCUT2D eigenvalue weighted by molar-refractivity contribution is -0.133. The third-order valence-corrected chi connectivity index (χ3v) is 7.86. The second-order valence-corrected chi connectivity index (χ2v) is 10.9. The molecule has 1 aliphatic heterocycles. The average Bonchev–Trinajstić information content (AvgIpc) is 3.56. The highest BCUT2D eigenvalue weighted by molar-refractivity contribution is 6.31. The molecule has 0 atom stereocenters. The molecule has 4 aromatic rings. The summed E-state index contributed by atoms with van der Waals surface area (Å²) < 4.78 is 8.49. The molecular weight excluding hydrogens is 572 g/mol. The molecule has 226 valence electrons. The number of piperazine rings is 1. The van der Waals surface area contributed by atoms with Crippen LogP contribution in [-0.4, -0.2) is 98.4 Å². The van der Waals surface area contributed by atoms with Crippen molar-refractivity contribution in [3.05, 3.63) is 64.6 Å². The highest BCUT2D eigenvalue weighted by Crippen LogP contribution is 2.26. The van der Waals surface area contributed by atoms with Crippen molar-refractivity contribution in [2.75, 3.05) is 51.8 Å². The Kier molecular flexibility index (Phi) is 9.49. The summed E-state index contributed by atoms with van der Waals surface area (Å²) in [6.45, 7) is 8.25. The molecule has 0 spiro atoms. The van der Waals surface area contributed by atoms with Crippen molar-refractivity contribution in [1.82, 2.24) is 34.3 Å². The monoisotopic (exact) mass is 606 g/mol. The first-order chi connectivity index (χ1) is 20.8. The van der Waals surface area contributed by atoms with Gasteiger partial charge in [-0.05, 0) is 43.7 Å². The van der Waals surface area contributed by atoms with Crippen LogP contribution < -0.4 is 5.32 Å². The highest BCUT2D eigenvalue weighted by Gasteiger charge is 2.23. The minimum Gasteiger partial charge on any atom is -0.383 e. The predicted octanol–water partition coefficient (Wildman–Crippen LogP) is 3.60. The normalized spacial score (nSPS) is 13.9. The van der Waals surface area contributed by atoms with Crippen molar-refractivity contribution in [1.29, 1.82) is 0 Å². The van der Waals surface area contributed by atoms with Gasteiger partial charge in [0.15, 0.2) is 17.4 Å². The van der Waals surface area contributed by atoms with Gasteiger partial charge in [0.2, 0.25) is 5.91 Å². The second kappa shape index (κ2) is 13.4. The highest BCUT2D eigenvalue weighted by atomic mass is 35.5. The first-order valence-corrected chi connectivity index (χ1v) is 14.7. The lowest BCUT2D eigenvalue weighted by Gasteiger charge is -2.34. The van der Waals surface area contributed by atoms with Gasteiger partial charge >= 0.3 is 0 Å². The zero-order chi connectivity index (χ0) is 30.5. The summed E-state index contributed by atoms with van der Waals surface area (Å²) in [5, 5.41) is 16.6. The third kappa shape index (κ3) is 6.76. The Labute approximate surface area is 254 Å². The molecule has 5 rings (SSSR count). The van der Waals surface area contributed by atoms with Crippen LogP contribution in [0.25, 0.3) is 16.7 Å². The van der Waals surface area contributed by atoms with Crippen LogP contribution in [0.1, 0.15) is 46.2 Å². The van der Waals surface area contributed by atoms with Crippen molar-refractivity contribution in [3.8, 4) is 5.82 Å². The van der Waals surface area contributed by atoms with Gasteiger partial charge in [0.05, 0.1) is 29.6 Å². The van der Waals surface area contributed by atoms with E-state index in [0.29, 0.717) is 59.2 Å². The Balaban J connectivity index is 1.30. The quantitative estimate of drug-likeness (QED) is 0.257. The number of methoxy groups -OCH3 is 1. The molecule has 1 aromatic carbocycles. The van der Waals surface area contributed by atoms with Gasteiger partial charge in [-0.3, -0.25) is 19.3 Å². The number of Topliss-reactive ketones (excluding diaryl/α,β-unsaturated/α-hetero) is 1. The minimum atomic E-state index is -0.407. The van der Waals surface area contributed by atoms with Gasteiger partial charge in [0, 0.05) is 68.4 Å².